The van der Waals surface area contributed by atoms with Crippen LogP contribution in [0, 0.1) is 11.8 Å². The van der Waals surface area contributed by atoms with Crippen LogP contribution >= 0.6 is 11.8 Å². The molecular formula is C21H39N5O6S. The molecule has 6 unspecified atom stereocenters. The molecule has 12 heteroatoms. The maximum Gasteiger partial charge on any atom is 0.326 e. The molecule has 8 N–H and O–H groups in total. The Kier molecular flexibility index (Phi) is 14.4. The monoisotopic (exact) mass is 489 g/mol. The van der Waals surface area contributed by atoms with Crippen LogP contribution < -0.4 is 27.4 Å². The van der Waals surface area contributed by atoms with E-state index in [4.69, 9.17) is 11.5 Å². The Morgan fingerprint density at radius 3 is 1.88 bits per heavy atom. The maximum absolute atomic E-state index is 13.0. The third kappa shape index (κ3) is 10.9. The van der Waals surface area contributed by atoms with Gasteiger partial charge in [-0.25, -0.2) is 4.79 Å². The van der Waals surface area contributed by atoms with Gasteiger partial charge in [0.25, 0.3) is 0 Å². The summed E-state index contributed by atoms with van der Waals surface area (Å²) in [4.78, 5) is 61.2. The number of rotatable bonds is 16. The highest BCUT2D eigenvalue weighted by molar-refractivity contribution is 7.98. The van der Waals surface area contributed by atoms with E-state index in [-0.39, 0.29) is 18.3 Å². The minimum absolute atomic E-state index is 0.103. The highest BCUT2D eigenvalue weighted by Crippen LogP contribution is 2.12. The lowest BCUT2D eigenvalue weighted by molar-refractivity contribution is -0.142. The highest BCUT2D eigenvalue weighted by Gasteiger charge is 2.33. The lowest BCUT2D eigenvalue weighted by atomic mass is 9.95. The zero-order chi connectivity index (χ0) is 25.7. The van der Waals surface area contributed by atoms with E-state index >= 15 is 0 Å². The summed E-state index contributed by atoms with van der Waals surface area (Å²) in [6.07, 6.45) is 2.65. The van der Waals surface area contributed by atoms with Crippen LogP contribution in [0.25, 0.3) is 0 Å². The van der Waals surface area contributed by atoms with Crippen molar-refractivity contribution in [2.75, 3.05) is 12.0 Å². The lowest BCUT2D eigenvalue weighted by Gasteiger charge is -2.28. The number of aliphatic carboxylic acids is 1. The van der Waals surface area contributed by atoms with Gasteiger partial charge in [-0.1, -0.05) is 40.5 Å². The first-order chi connectivity index (χ1) is 15.4. The summed E-state index contributed by atoms with van der Waals surface area (Å²) < 4.78 is 0. The number of nitrogens with one attached hydrogen (secondary N) is 3. The van der Waals surface area contributed by atoms with Crippen LogP contribution in [0.5, 0.6) is 0 Å². The Morgan fingerprint density at radius 2 is 1.42 bits per heavy atom. The van der Waals surface area contributed by atoms with Crippen molar-refractivity contribution in [2.45, 2.75) is 77.5 Å². The molecule has 0 saturated heterocycles. The summed E-state index contributed by atoms with van der Waals surface area (Å²) in [6.45, 7) is 7.31. The summed E-state index contributed by atoms with van der Waals surface area (Å²) in [6, 6.07) is -4.40. The highest BCUT2D eigenvalue weighted by atomic mass is 32.2. The van der Waals surface area contributed by atoms with Crippen molar-refractivity contribution in [3.05, 3.63) is 0 Å². The van der Waals surface area contributed by atoms with Gasteiger partial charge in [-0.05, 0) is 30.3 Å². The molecule has 0 aromatic rings. The lowest BCUT2D eigenvalue weighted by Crippen LogP contribution is -2.59. The van der Waals surface area contributed by atoms with Crippen LogP contribution in [-0.2, 0) is 24.0 Å². The van der Waals surface area contributed by atoms with Crippen LogP contribution in [0.15, 0.2) is 0 Å². The molecule has 0 aliphatic rings. The van der Waals surface area contributed by atoms with Gasteiger partial charge in [0.2, 0.25) is 23.6 Å². The molecular weight excluding hydrogens is 450 g/mol. The zero-order valence-electron chi connectivity index (χ0n) is 20.1. The second kappa shape index (κ2) is 15.5. The van der Waals surface area contributed by atoms with Crippen molar-refractivity contribution in [3.63, 3.8) is 0 Å². The van der Waals surface area contributed by atoms with Crippen molar-refractivity contribution < 1.29 is 29.1 Å². The summed E-state index contributed by atoms with van der Waals surface area (Å²) in [7, 11) is 0. The summed E-state index contributed by atoms with van der Waals surface area (Å²) in [5.74, 6) is -4.03. The van der Waals surface area contributed by atoms with Crippen LogP contribution in [0.2, 0.25) is 0 Å². The Labute approximate surface area is 199 Å². The van der Waals surface area contributed by atoms with Gasteiger partial charge in [-0.3, -0.25) is 19.2 Å². The summed E-state index contributed by atoms with van der Waals surface area (Å²) in [5, 5.41) is 16.8. The van der Waals surface area contributed by atoms with E-state index < -0.39 is 60.2 Å². The number of thioether (sulfide) groups is 1. The number of carbonyl (C=O) groups is 5. The number of nitrogens with two attached hydrogens (primary N) is 2. The minimum atomic E-state index is -1.39. The molecule has 0 aromatic heterocycles. The third-order valence-corrected chi connectivity index (χ3v) is 6.26. The third-order valence-electron chi connectivity index (χ3n) is 5.62. The Bertz CT molecular complexity index is 692. The number of primary amides is 1. The average Bonchev–Trinajstić information content (AvgIpc) is 2.76. The zero-order valence-corrected chi connectivity index (χ0v) is 20.9. The molecule has 0 saturated carbocycles. The van der Waals surface area contributed by atoms with Gasteiger partial charge < -0.3 is 32.5 Å². The van der Waals surface area contributed by atoms with Gasteiger partial charge in [0.05, 0.1) is 12.5 Å². The normalized spacial score (nSPS) is 16.4. The van der Waals surface area contributed by atoms with E-state index in [1.165, 1.54) is 11.8 Å². The Morgan fingerprint density at radius 1 is 0.879 bits per heavy atom. The molecule has 11 nitrogen and oxygen atoms in total. The van der Waals surface area contributed by atoms with Crippen molar-refractivity contribution in [1.82, 2.24) is 16.0 Å². The molecule has 0 aliphatic heterocycles. The standard InChI is InChI=1S/C21H39N5O6S/c1-6-11(3)16(23)19(29)26-17(12(4)7-2)20(30)25-14(10-15(22)27)18(28)24-13(21(31)32)8-9-33-5/h11-14,16-17H,6-10,23H2,1-5H3,(H2,22,27)(H,24,28)(H,25,30)(H,26,29)(H,31,32). The second-order valence-electron chi connectivity index (χ2n) is 8.20. The van der Waals surface area contributed by atoms with Crippen LogP contribution in [-0.4, -0.2) is 70.9 Å². The number of carboxylic acids is 1. The molecule has 33 heavy (non-hydrogen) atoms. The fraction of sp³-hybridized carbons (Fsp3) is 0.762. The molecule has 190 valence electrons. The van der Waals surface area contributed by atoms with E-state index in [0.717, 1.165) is 0 Å². The molecule has 0 bridgehead atoms. The van der Waals surface area contributed by atoms with E-state index in [0.29, 0.717) is 18.6 Å². The SMILES string of the molecule is CCC(C)C(N)C(=O)NC(C(=O)NC(CC(N)=O)C(=O)NC(CCSC)C(=O)O)C(C)CC. The number of hydrogen-bond donors (Lipinski definition) is 6. The van der Waals surface area contributed by atoms with Gasteiger partial charge >= 0.3 is 5.97 Å². The van der Waals surface area contributed by atoms with Crippen molar-refractivity contribution in [3.8, 4) is 0 Å². The van der Waals surface area contributed by atoms with Crippen LogP contribution in [0.3, 0.4) is 0 Å². The van der Waals surface area contributed by atoms with E-state index in [2.05, 4.69) is 16.0 Å². The molecule has 0 radical (unpaired) electrons. The number of amides is 4. The van der Waals surface area contributed by atoms with Gasteiger partial charge in [-0.15, -0.1) is 0 Å². The number of carboxylic acid groups (broad SMARTS) is 1. The van der Waals surface area contributed by atoms with Gasteiger partial charge in [0.15, 0.2) is 0 Å². The molecule has 0 rings (SSSR count). The van der Waals surface area contributed by atoms with Crippen LogP contribution in [0.4, 0.5) is 0 Å². The van der Waals surface area contributed by atoms with Crippen molar-refractivity contribution in [2.24, 2.45) is 23.3 Å². The average molecular weight is 490 g/mol. The molecule has 6 atom stereocenters. The first kappa shape index (κ1) is 30.7. The smallest absolute Gasteiger partial charge is 0.326 e. The Balaban J connectivity index is 5.57. The molecule has 4 amide bonds. The number of hydrogen-bond acceptors (Lipinski definition) is 7. The predicted molar refractivity (Wildman–Crippen MR) is 127 cm³/mol. The topological polar surface area (TPSA) is 194 Å². The molecule has 0 spiro atoms. The largest absolute Gasteiger partial charge is 0.480 e. The summed E-state index contributed by atoms with van der Waals surface area (Å²) in [5.41, 5.74) is 11.2. The predicted octanol–water partition coefficient (Wildman–Crippen LogP) is -0.427. The van der Waals surface area contributed by atoms with Crippen molar-refractivity contribution >= 4 is 41.4 Å². The van der Waals surface area contributed by atoms with E-state index in [1.807, 2.05) is 20.8 Å². The van der Waals surface area contributed by atoms with Gasteiger partial charge in [-0.2, -0.15) is 11.8 Å². The first-order valence-corrected chi connectivity index (χ1v) is 12.4. The van der Waals surface area contributed by atoms with Gasteiger partial charge in [0.1, 0.15) is 18.1 Å². The maximum atomic E-state index is 13.0. The quantitative estimate of drug-likeness (QED) is 0.168. The number of carbonyl (C=O) groups excluding carboxylic acids is 4. The fourth-order valence-corrected chi connectivity index (χ4v) is 3.37. The second-order valence-corrected chi connectivity index (χ2v) is 9.18. The summed E-state index contributed by atoms with van der Waals surface area (Å²) >= 11 is 1.42. The van der Waals surface area contributed by atoms with Gasteiger partial charge in [0, 0.05) is 0 Å². The molecule has 0 aromatic carbocycles. The van der Waals surface area contributed by atoms with Crippen molar-refractivity contribution in [1.29, 1.82) is 0 Å². The molecule has 0 aliphatic carbocycles. The molecule has 0 heterocycles. The Hall–Kier alpha value is -2.34. The van der Waals surface area contributed by atoms with E-state index in [1.54, 1.807) is 13.2 Å². The molecule has 0 fully saturated rings. The first-order valence-electron chi connectivity index (χ1n) is 11.1. The fourth-order valence-electron chi connectivity index (χ4n) is 2.90. The minimum Gasteiger partial charge on any atom is -0.480 e. The van der Waals surface area contributed by atoms with E-state index in [9.17, 15) is 29.1 Å². The van der Waals surface area contributed by atoms with Crippen LogP contribution in [0.1, 0.15) is 53.4 Å².